The van der Waals surface area contributed by atoms with Gasteiger partial charge in [-0.1, -0.05) is 13.3 Å². The summed E-state index contributed by atoms with van der Waals surface area (Å²) in [5.41, 5.74) is 0. The molecular weight excluding hydrogens is 212 g/mol. The van der Waals surface area contributed by atoms with Gasteiger partial charge in [0.2, 0.25) is 0 Å². The maximum atomic E-state index is 12.2. The van der Waals surface area contributed by atoms with E-state index in [0.29, 0.717) is 6.04 Å². The molecule has 0 bridgehead atoms. The Morgan fingerprint density at radius 2 is 1.76 bits per heavy atom. The Labute approximate surface area is 105 Å². The smallest absolute Gasteiger partial charge is 0.319 e. The lowest BCUT2D eigenvalue weighted by atomic mass is 9.84. The fourth-order valence-corrected chi connectivity index (χ4v) is 3.23. The van der Waals surface area contributed by atoms with Gasteiger partial charge in [0.05, 0.1) is 0 Å². The first kappa shape index (κ1) is 12.7. The van der Waals surface area contributed by atoms with Gasteiger partial charge in [0, 0.05) is 26.2 Å². The van der Waals surface area contributed by atoms with Crippen LogP contribution in [0.25, 0.3) is 0 Å². The van der Waals surface area contributed by atoms with E-state index >= 15 is 0 Å². The number of carbonyl (C=O) groups is 1. The highest BCUT2D eigenvalue weighted by Gasteiger charge is 2.29. The van der Waals surface area contributed by atoms with E-state index in [1.165, 1.54) is 44.9 Å². The van der Waals surface area contributed by atoms with Gasteiger partial charge in [-0.2, -0.15) is 0 Å². The molecule has 0 unspecified atom stereocenters. The van der Waals surface area contributed by atoms with E-state index in [2.05, 4.69) is 6.92 Å². The molecule has 2 fully saturated rings. The van der Waals surface area contributed by atoms with Crippen LogP contribution in [-0.2, 0) is 0 Å². The number of nitrogens with zero attached hydrogens (tertiary/aromatic N) is 2. The molecule has 1 saturated heterocycles. The van der Waals surface area contributed by atoms with Crippen LogP contribution in [0.5, 0.6) is 0 Å². The van der Waals surface area contributed by atoms with Crippen molar-refractivity contribution < 1.29 is 4.79 Å². The number of urea groups is 1. The lowest BCUT2D eigenvalue weighted by Crippen LogP contribution is -2.46. The molecule has 0 aromatic heterocycles. The summed E-state index contributed by atoms with van der Waals surface area (Å²) in [5, 5.41) is 0. The van der Waals surface area contributed by atoms with E-state index < -0.39 is 0 Å². The van der Waals surface area contributed by atoms with Gasteiger partial charge in [-0.25, -0.2) is 4.79 Å². The summed E-state index contributed by atoms with van der Waals surface area (Å²) in [6.07, 6.45) is 8.68. The number of hydrogen-bond acceptors (Lipinski definition) is 1. The van der Waals surface area contributed by atoms with Crippen LogP contribution in [0.4, 0.5) is 4.79 Å². The molecule has 0 atom stereocenters. The van der Waals surface area contributed by atoms with Crippen molar-refractivity contribution in [2.75, 3.05) is 20.1 Å². The van der Waals surface area contributed by atoms with Crippen LogP contribution in [0.15, 0.2) is 0 Å². The molecule has 0 N–H and O–H groups in total. The lowest BCUT2D eigenvalue weighted by molar-refractivity contribution is 0.133. The van der Waals surface area contributed by atoms with Crippen LogP contribution in [0.2, 0.25) is 0 Å². The molecule has 1 aliphatic carbocycles. The molecule has 2 rings (SSSR count). The molecule has 2 amide bonds. The first-order valence-electron chi connectivity index (χ1n) is 7.24. The Kier molecular flexibility index (Phi) is 4.30. The molecule has 0 spiro atoms. The van der Waals surface area contributed by atoms with Crippen LogP contribution in [-0.4, -0.2) is 42.0 Å². The second-order valence-corrected chi connectivity index (χ2v) is 5.67. The maximum absolute atomic E-state index is 12.2. The number of carbonyl (C=O) groups excluding carboxylic acids is 1. The molecule has 0 radical (unpaired) electrons. The molecule has 2 aliphatic rings. The van der Waals surface area contributed by atoms with Crippen molar-refractivity contribution in [1.29, 1.82) is 0 Å². The zero-order valence-corrected chi connectivity index (χ0v) is 11.3. The third-order valence-corrected chi connectivity index (χ3v) is 4.62. The second-order valence-electron chi connectivity index (χ2n) is 5.67. The summed E-state index contributed by atoms with van der Waals surface area (Å²) in [5.74, 6) is 0.904. The quantitative estimate of drug-likeness (QED) is 0.725. The Balaban J connectivity index is 1.83. The number of hydrogen-bond donors (Lipinski definition) is 0. The van der Waals surface area contributed by atoms with Crippen molar-refractivity contribution in [1.82, 2.24) is 9.80 Å². The van der Waals surface area contributed by atoms with Crippen LogP contribution in [0.1, 0.15) is 51.9 Å². The van der Waals surface area contributed by atoms with E-state index in [1.54, 1.807) is 0 Å². The Hall–Kier alpha value is -0.730. The molecule has 1 saturated carbocycles. The molecule has 0 aromatic rings. The lowest BCUT2D eigenvalue weighted by Gasteiger charge is -2.36. The highest BCUT2D eigenvalue weighted by Crippen LogP contribution is 2.29. The Morgan fingerprint density at radius 3 is 2.29 bits per heavy atom. The number of likely N-dealkylation sites (tertiary alicyclic amines) is 1. The van der Waals surface area contributed by atoms with Gasteiger partial charge in [-0.15, -0.1) is 0 Å². The summed E-state index contributed by atoms with van der Waals surface area (Å²) in [6.45, 7) is 4.21. The molecule has 98 valence electrons. The topological polar surface area (TPSA) is 23.6 Å². The normalized spacial score (nSPS) is 29.4. The average Bonchev–Trinajstić information content (AvgIpc) is 2.91. The molecule has 1 heterocycles. The summed E-state index contributed by atoms with van der Waals surface area (Å²) < 4.78 is 0. The first-order valence-corrected chi connectivity index (χ1v) is 7.24. The van der Waals surface area contributed by atoms with Crippen molar-refractivity contribution in [3.63, 3.8) is 0 Å². The zero-order chi connectivity index (χ0) is 12.3. The molecule has 1 aliphatic heterocycles. The van der Waals surface area contributed by atoms with Gasteiger partial charge < -0.3 is 9.80 Å². The summed E-state index contributed by atoms with van der Waals surface area (Å²) in [6, 6.07) is 0.758. The third-order valence-electron chi connectivity index (χ3n) is 4.62. The standard InChI is InChI=1S/C14H26N2O/c1-3-12-6-8-13(9-7-12)15(2)14(17)16-10-4-5-11-16/h12-13H,3-11H2,1-2H3. The van der Waals surface area contributed by atoms with Gasteiger partial charge in [0.25, 0.3) is 0 Å². The van der Waals surface area contributed by atoms with Crippen molar-refractivity contribution in [2.45, 2.75) is 57.9 Å². The second kappa shape index (κ2) is 5.74. The van der Waals surface area contributed by atoms with Crippen LogP contribution in [0.3, 0.4) is 0 Å². The zero-order valence-electron chi connectivity index (χ0n) is 11.3. The molecule has 3 heteroatoms. The van der Waals surface area contributed by atoms with Crippen LogP contribution in [0, 0.1) is 5.92 Å². The van der Waals surface area contributed by atoms with E-state index in [4.69, 9.17) is 0 Å². The average molecular weight is 238 g/mol. The largest absolute Gasteiger partial charge is 0.325 e. The summed E-state index contributed by atoms with van der Waals surface area (Å²) in [4.78, 5) is 16.3. The number of amides is 2. The fraction of sp³-hybridized carbons (Fsp3) is 0.929. The van der Waals surface area contributed by atoms with Gasteiger partial charge in [-0.3, -0.25) is 0 Å². The van der Waals surface area contributed by atoms with Crippen molar-refractivity contribution in [3.05, 3.63) is 0 Å². The predicted octanol–water partition coefficient (Wildman–Crippen LogP) is 3.10. The predicted molar refractivity (Wildman–Crippen MR) is 70.0 cm³/mol. The molecule has 17 heavy (non-hydrogen) atoms. The Morgan fingerprint density at radius 1 is 1.18 bits per heavy atom. The molecule has 3 nitrogen and oxygen atoms in total. The molecule has 0 aromatic carbocycles. The first-order chi connectivity index (χ1) is 8.22. The van der Waals surface area contributed by atoms with E-state index in [-0.39, 0.29) is 6.03 Å². The van der Waals surface area contributed by atoms with Gasteiger partial charge in [0.15, 0.2) is 0 Å². The van der Waals surface area contributed by atoms with E-state index in [9.17, 15) is 4.79 Å². The molecular formula is C14H26N2O. The maximum Gasteiger partial charge on any atom is 0.319 e. The summed E-state index contributed by atoms with van der Waals surface area (Å²) >= 11 is 0. The highest BCUT2D eigenvalue weighted by molar-refractivity contribution is 5.74. The van der Waals surface area contributed by atoms with E-state index in [0.717, 1.165) is 19.0 Å². The van der Waals surface area contributed by atoms with Crippen LogP contribution >= 0.6 is 0 Å². The van der Waals surface area contributed by atoms with Gasteiger partial charge in [0.1, 0.15) is 0 Å². The minimum atomic E-state index is 0.266. The van der Waals surface area contributed by atoms with E-state index in [1.807, 2.05) is 16.8 Å². The Bertz CT molecular complexity index is 253. The summed E-state index contributed by atoms with van der Waals surface area (Å²) in [7, 11) is 2.00. The fourth-order valence-electron chi connectivity index (χ4n) is 3.23. The third kappa shape index (κ3) is 2.93. The van der Waals surface area contributed by atoms with Gasteiger partial charge in [-0.05, 0) is 44.4 Å². The minimum Gasteiger partial charge on any atom is -0.325 e. The minimum absolute atomic E-state index is 0.266. The highest BCUT2D eigenvalue weighted by atomic mass is 16.2. The van der Waals surface area contributed by atoms with Crippen molar-refractivity contribution in [2.24, 2.45) is 5.92 Å². The monoisotopic (exact) mass is 238 g/mol. The van der Waals surface area contributed by atoms with Crippen molar-refractivity contribution >= 4 is 6.03 Å². The van der Waals surface area contributed by atoms with Crippen molar-refractivity contribution in [3.8, 4) is 0 Å². The van der Waals surface area contributed by atoms with Crippen LogP contribution < -0.4 is 0 Å². The van der Waals surface area contributed by atoms with Gasteiger partial charge >= 0.3 is 6.03 Å². The SMILES string of the molecule is CCC1CCC(N(C)C(=O)N2CCCC2)CC1. The number of rotatable bonds is 2.